The van der Waals surface area contributed by atoms with Crippen LogP contribution in [0.2, 0.25) is 0 Å². The van der Waals surface area contributed by atoms with Crippen molar-refractivity contribution < 1.29 is 4.74 Å². The highest BCUT2D eigenvalue weighted by Crippen LogP contribution is 2.31. The molecule has 1 saturated heterocycles. The number of aryl methyl sites for hydroxylation is 1. The van der Waals surface area contributed by atoms with Crippen LogP contribution < -0.4 is 5.32 Å². The molecule has 0 amide bonds. The second kappa shape index (κ2) is 5.10. The molecular weight excluding hydrogens is 218 g/mol. The summed E-state index contributed by atoms with van der Waals surface area (Å²) in [6.07, 6.45) is 1.89. The van der Waals surface area contributed by atoms with Gasteiger partial charge in [-0.05, 0) is 11.6 Å². The number of tetrazole rings is 1. The van der Waals surface area contributed by atoms with Gasteiger partial charge >= 0.3 is 0 Å². The van der Waals surface area contributed by atoms with E-state index in [2.05, 4.69) is 34.6 Å². The van der Waals surface area contributed by atoms with E-state index < -0.39 is 0 Å². The van der Waals surface area contributed by atoms with Crippen molar-refractivity contribution in [2.75, 3.05) is 19.8 Å². The summed E-state index contributed by atoms with van der Waals surface area (Å²) in [4.78, 5) is 1.51. The quantitative estimate of drug-likeness (QED) is 0.793. The van der Waals surface area contributed by atoms with Gasteiger partial charge in [-0.2, -0.15) is 4.80 Å². The van der Waals surface area contributed by atoms with Crippen LogP contribution in [0.5, 0.6) is 0 Å². The molecule has 6 heteroatoms. The summed E-state index contributed by atoms with van der Waals surface area (Å²) in [5.74, 6) is 0.809. The van der Waals surface area contributed by atoms with Crippen molar-refractivity contribution in [1.29, 1.82) is 0 Å². The van der Waals surface area contributed by atoms with Crippen LogP contribution in [0, 0.1) is 5.41 Å². The van der Waals surface area contributed by atoms with E-state index in [1.807, 2.05) is 0 Å². The van der Waals surface area contributed by atoms with Gasteiger partial charge in [0, 0.05) is 31.0 Å². The number of hydrogen-bond donors (Lipinski definition) is 1. The fourth-order valence-electron chi connectivity index (χ4n) is 2.14. The number of hydrogen-bond acceptors (Lipinski definition) is 5. The summed E-state index contributed by atoms with van der Waals surface area (Å²) in [7, 11) is 1.79. The fourth-order valence-corrected chi connectivity index (χ4v) is 2.14. The molecule has 1 aliphatic heterocycles. The normalized spacial score (nSPS) is 24.7. The minimum atomic E-state index is 0.132. The molecular formula is C11H21N5O. The third-order valence-electron chi connectivity index (χ3n) is 3.15. The van der Waals surface area contributed by atoms with Crippen molar-refractivity contribution >= 4 is 0 Å². The predicted molar refractivity (Wildman–Crippen MR) is 63.5 cm³/mol. The largest absolute Gasteiger partial charge is 0.381 e. The SMILES string of the molecule is CC(C)NCC1(Cc2nnn(C)n2)CCOC1. The molecule has 0 radical (unpaired) electrons. The van der Waals surface area contributed by atoms with Crippen LogP contribution in [-0.2, 0) is 18.2 Å². The number of rotatable bonds is 5. The van der Waals surface area contributed by atoms with E-state index in [0.717, 1.165) is 38.4 Å². The number of ether oxygens (including phenoxy) is 1. The van der Waals surface area contributed by atoms with Gasteiger partial charge in [-0.25, -0.2) is 0 Å². The Balaban J connectivity index is 2.01. The van der Waals surface area contributed by atoms with Gasteiger partial charge in [0.1, 0.15) is 0 Å². The maximum atomic E-state index is 5.55. The summed E-state index contributed by atoms with van der Waals surface area (Å²) in [5, 5.41) is 15.7. The monoisotopic (exact) mass is 239 g/mol. The predicted octanol–water partition coefficient (Wildman–Crippen LogP) is 0.157. The number of aromatic nitrogens is 4. The molecule has 1 aliphatic rings. The van der Waals surface area contributed by atoms with Crippen LogP contribution >= 0.6 is 0 Å². The maximum absolute atomic E-state index is 5.55. The third-order valence-corrected chi connectivity index (χ3v) is 3.15. The zero-order valence-corrected chi connectivity index (χ0v) is 10.8. The van der Waals surface area contributed by atoms with Crippen molar-refractivity contribution in [2.24, 2.45) is 12.5 Å². The van der Waals surface area contributed by atoms with Gasteiger partial charge in [0.05, 0.1) is 13.7 Å². The van der Waals surface area contributed by atoms with Gasteiger partial charge in [-0.1, -0.05) is 13.8 Å². The Morgan fingerprint density at radius 1 is 1.53 bits per heavy atom. The Hall–Kier alpha value is -1.01. The van der Waals surface area contributed by atoms with E-state index in [1.165, 1.54) is 4.80 Å². The molecule has 1 aromatic heterocycles. The lowest BCUT2D eigenvalue weighted by atomic mass is 9.83. The first-order chi connectivity index (χ1) is 8.10. The Kier molecular flexibility index (Phi) is 3.73. The Morgan fingerprint density at radius 3 is 2.88 bits per heavy atom. The van der Waals surface area contributed by atoms with Crippen LogP contribution in [0.4, 0.5) is 0 Å². The molecule has 2 heterocycles. The molecule has 1 aromatic rings. The van der Waals surface area contributed by atoms with Crippen LogP contribution in [-0.4, -0.2) is 46.0 Å². The summed E-state index contributed by atoms with van der Waals surface area (Å²) in [6.45, 7) is 6.88. The first-order valence-electron chi connectivity index (χ1n) is 6.14. The number of nitrogens with one attached hydrogen (secondary N) is 1. The molecule has 0 aromatic carbocycles. The van der Waals surface area contributed by atoms with Gasteiger partial charge < -0.3 is 10.1 Å². The molecule has 6 nitrogen and oxygen atoms in total. The Bertz CT molecular complexity index is 356. The minimum Gasteiger partial charge on any atom is -0.381 e. The third kappa shape index (κ3) is 3.23. The molecule has 1 unspecified atom stereocenters. The highest BCUT2D eigenvalue weighted by molar-refractivity contribution is 4.94. The second-order valence-corrected chi connectivity index (χ2v) is 5.21. The van der Waals surface area contributed by atoms with Gasteiger partial charge in [0.2, 0.25) is 0 Å². The molecule has 2 rings (SSSR count). The summed E-state index contributed by atoms with van der Waals surface area (Å²) in [5.41, 5.74) is 0.132. The lowest BCUT2D eigenvalue weighted by Crippen LogP contribution is -2.39. The highest BCUT2D eigenvalue weighted by atomic mass is 16.5. The van der Waals surface area contributed by atoms with Crippen molar-refractivity contribution in [2.45, 2.75) is 32.7 Å². The second-order valence-electron chi connectivity index (χ2n) is 5.21. The standard InChI is InChI=1S/C11H21N5O/c1-9(2)12-7-11(4-5-17-8-11)6-10-13-15-16(3)14-10/h9,12H,4-8H2,1-3H3. The summed E-state index contributed by atoms with van der Waals surface area (Å²) in [6, 6.07) is 0.488. The van der Waals surface area contributed by atoms with E-state index in [-0.39, 0.29) is 5.41 Å². The molecule has 1 atom stereocenters. The Morgan fingerprint density at radius 2 is 2.35 bits per heavy atom. The molecule has 0 aliphatic carbocycles. The molecule has 1 N–H and O–H groups in total. The number of nitrogens with zero attached hydrogens (tertiary/aromatic N) is 4. The molecule has 96 valence electrons. The molecule has 1 fully saturated rings. The lowest BCUT2D eigenvalue weighted by Gasteiger charge is -2.27. The van der Waals surface area contributed by atoms with Crippen LogP contribution in [0.25, 0.3) is 0 Å². The average Bonchev–Trinajstić information content (AvgIpc) is 2.87. The van der Waals surface area contributed by atoms with Gasteiger partial charge in [0.25, 0.3) is 0 Å². The molecule has 0 saturated carbocycles. The van der Waals surface area contributed by atoms with Crippen LogP contribution in [0.3, 0.4) is 0 Å². The smallest absolute Gasteiger partial charge is 0.175 e. The van der Waals surface area contributed by atoms with E-state index in [1.54, 1.807) is 7.05 Å². The topological polar surface area (TPSA) is 64.9 Å². The molecule has 17 heavy (non-hydrogen) atoms. The zero-order chi connectivity index (χ0) is 12.3. The zero-order valence-electron chi connectivity index (χ0n) is 10.8. The van der Waals surface area contributed by atoms with Crippen molar-refractivity contribution in [3.8, 4) is 0 Å². The Labute approximate surface area is 102 Å². The minimum absolute atomic E-state index is 0.132. The van der Waals surface area contributed by atoms with E-state index in [4.69, 9.17) is 4.74 Å². The van der Waals surface area contributed by atoms with Gasteiger partial charge in [-0.15, -0.1) is 10.2 Å². The van der Waals surface area contributed by atoms with Crippen molar-refractivity contribution in [3.63, 3.8) is 0 Å². The summed E-state index contributed by atoms with van der Waals surface area (Å²) >= 11 is 0. The molecule has 0 spiro atoms. The average molecular weight is 239 g/mol. The summed E-state index contributed by atoms with van der Waals surface area (Å²) < 4.78 is 5.55. The van der Waals surface area contributed by atoms with Crippen molar-refractivity contribution in [1.82, 2.24) is 25.5 Å². The van der Waals surface area contributed by atoms with Crippen LogP contribution in [0.1, 0.15) is 26.1 Å². The fraction of sp³-hybridized carbons (Fsp3) is 0.909. The van der Waals surface area contributed by atoms with E-state index in [9.17, 15) is 0 Å². The van der Waals surface area contributed by atoms with Crippen molar-refractivity contribution in [3.05, 3.63) is 5.82 Å². The van der Waals surface area contributed by atoms with Crippen LogP contribution in [0.15, 0.2) is 0 Å². The van der Waals surface area contributed by atoms with Gasteiger partial charge in [-0.3, -0.25) is 0 Å². The maximum Gasteiger partial charge on any atom is 0.175 e. The molecule has 0 bridgehead atoms. The van der Waals surface area contributed by atoms with E-state index in [0.29, 0.717) is 6.04 Å². The highest BCUT2D eigenvalue weighted by Gasteiger charge is 2.36. The lowest BCUT2D eigenvalue weighted by molar-refractivity contribution is 0.146. The van der Waals surface area contributed by atoms with Gasteiger partial charge in [0.15, 0.2) is 5.82 Å². The first kappa shape index (κ1) is 12.4. The first-order valence-corrected chi connectivity index (χ1v) is 6.14. The van der Waals surface area contributed by atoms with E-state index >= 15 is 0 Å².